The molecule has 0 amide bonds. The van der Waals surface area contributed by atoms with Crippen LogP contribution in [0.4, 0.5) is 4.39 Å². The summed E-state index contributed by atoms with van der Waals surface area (Å²) in [5.74, 6) is -0.110. The van der Waals surface area contributed by atoms with Crippen molar-refractivity contribution in [1.29, 1.82) is 0 Å². The summed E-state index contributed by atoms with van der Waals surface area (Å²) in [7, 11) is 0. The van der Waals surface area contributed by atoms with E-state index in [0.717, 1.165) is 0 Å². The molecule has 2 rings (SSSR count). The first-order chi connectivity index (χ1) is 8.15. The van der Waals surface area contributed by atoms with Gasteiger partial charge in [-0.05, 0) is 13.0 Å². The van der Waals surface area contributed by atoms with E-state index in [2.05, 4.69) is 15.0 Å². The minimum absolute atomic E-state index is 0.202. The van der Waals surface area contributed by atoms with E-state index < -0.39 is 5.95 Å². The SMILES string of the molecule is Cc1cc(=O)[nH]c(SCc2cccnc2F)n1. The van der Waals surface area contributed by atoms with E-state index in [9.17, 15) is 9.18 Å². The highest BCUT2D eigenvalue weighted by atomic mass is 32.2. The van der Waals surface area contributed by atoms with Crippen LogP contribution in [0.2, 0.25) is 0 Å². The molecule has 4 nitrogen and oxygen atoms in total. The number of hydrogen-bond acceptors (Lipinski definition) is 4. The van der Waals surface area contributed by atoms with Crippen LogP contribution < -0.4 is 5.56 Å². The van der Waals surface area contributed by atoms with Crippen LogP contribution in [0.25, 0.3) is 0 Å². The lowest BCUT2D eigenvalue weighted by atomic mass is 10.3. The van der Waals surface area contributed by atoms with E-state index in [1.54, 1.807) is 19.1 Å². The number of aromatic nitrogens is 3. The number of nitrogens with zero attached hydrogens (tertiary/aromatic N) is 2. The molecule has 0 bridgehead atoms. The Kier molecular flexibility index (Phi) is 3.53. The van der Waals surface area contributed by atoms with Gasteiger partial charge < -0.3 is 4.98 Å². The van der Waals surface area contributed by atoms with Gasteiger partial charge in [0.25, 0.3) is 5.56 Å². The molecule has 0 saturated heterocycles. The van der Waals surface area contributed by atoms with E-state index >= 15 is 0 Å². The Bertz CT molecular complexity index is 585. The highest BCUT2D eigenvalue weighted by Crippen LogP contribution is 2.19. The minimum Gasteiger partial charge on any atom is -0.301 e. The molecule has 2 aromatic heterocycles. The molecule has 0 aliphatic rings. The molecule has 0 aromatic carbocycles. The lowest BCUT2D eigenvalue weighted by molar-refractivity contribution is 0.573. The van der Waals surface area contributed by atoms with Crippen molar-refractivity contribution in [1.82, 2.24) is 15.0 Å². The van der Waals surface area contributed by atoms with E-state index in [1.807, 2.05) is 0 Å². The smallest absolute Gasteiger partial charge is 0.251 e. The number of aromatic amines is 1. The third-order valence-corrected chi connectivity index (χ3v) is 2.97. The molecule has 0 atom stereocenters. The van der Waals surface area contributed by atoms with Crippen molar-refractivity contribution in [2.75, 3.05) is 0 Å². The monoisotopic (exact) mass is 251 g/mol. The second-order valence-corrected chi connectivity index (χ2v) is 4.40. The highest BCUT2D eigenvalue weighted by molar-refractivity contribution is 7.98. The third-order valence-electron chi connectivity index (χ3n) is 2.05. The predicted octanol–water partition coefficient (Wildman–Crippen LogP) is 1.90. The number of thioether (sulfide) groups is 1. The summed E-state index contributed by atoms with van der Waals surface area (Å²) in [6.07, 6.45) is 1.40. The average Bonchev–Trinajstić information content (AvgIpc) is 2.27. The molecule has 0 aliphatic carbocycles. The van der Waals surface area contributed by atoms with Crippen LogP contribution in [0.3, 0.4) is 0 Å². The lowest BCUT2D eigenvalue weighted by Gasteiger charge is -2.02. The van der Waals surface area contributed by atoms with Gasteiger partial charge in [-0.3, -0.25) is 4.79 Å². The first-order valence-electron chi connectivity index (χ1n) is 4.95. The molecule has 1 N–H and O–H groups in total. The first-order valence-corrected chi connectivity index (χ1v) is 5.94. The molecule has 0 saturated carbocycles. The third kappa shape index (κ3) is 3.13. The molecule has 6 heteroatoms. The zero-order valence-electron chi connectivity index (χ0n) is 9.11. The largest absolute Gasteiger partial charge is 0.301 e. The zero-order chi connectivity index (χ0) is 12.3. The molecule has 2 aromatic rings. The zero-order valence-corrected chi connectivity index (χ0v) is 9.92. The van der Waals surface area contributed by atoms with Gasteiger partial charge in [-0.1, -0.05) is 17.8 Å². The fraction of sp³-hybridized carbons (Fsp3) is 0.182. The number of H-pyrrole nitrogens is 1. The summed E-state index contributed by atoms with van der Waals surface area (Å²) in [4.78, 5) is 21.5. The Balaban J connectivity index is 2.13. The van der Waals surface area contributed by atoms with Crippen molar-refractivity contribution >= 4 is 11.8 Å². The standard InChI is InChI=1S/C11H10FN3OS/c1-7-5-9(16)15-11(14-7)17-6-8-3-2-4-13-10(8)12/h2-5H,6H2,1H3,(H,14,15,16). The van der Waals surface area contributed by atoms with Crippen molar-refractivity contribution in [2.24, 2.45) is 0 Å². The molecule has 0 unspecified atom stereocenters. The maximum atomic E-state index is 13.2. The highest BCUT2D eigenvalue weighted by Gasteiger charge is 2.04. The summed E-state index contributed by atoms with van der Waals surface area (Å²) in [6, 6.07) is 4.74. The average molecular weight is 251 g/mol. The van der Waals surface area contributed by atoms with Gasteiger partial charge in [0.1, 0.15) is 0 Å². The van der Waals surface area contributed by atoms with Crippen molar-refractivity contribution in [3.63, 3.8) is 0 Å². The van der Waals surface area contributed by atoms with E-state index in [4.69, 9.17) is 0 Å². The van der Waals surface area contributed by atoms with Crippen LogP contribution in [0.1, 0.15) is 11.3 Å². The Morgan fingerprint density at radius 1 is 1.53 bits per heavy atom. The Morgan fingerprint density at radius 2 is 2.35 bits per heavy atom. The molecular formula is C11H10FN3OS. The second-order valence-electron chi connectivity index (χ2n) is 3.43. The lowest BCUT2D eigenvalue weighted by Crippen LogP contribution is -2.08. The Morgan fingerprint density at radius 3 is 3.06 bits per heavy atom. The summed E-state index contributed by atoms with van der Waals surface area (Å²) >= 11 is 1.27. The molecule has 17 heavy (non-hydrogen) atoms. The Labute approximate surface area is 101 Å². The fourth-order valence-electron chi connectivity index (χ4n) is 1.29. The number of hydrogen-bond donors (Lipinski definition) is 1. The summed E-state index contributed by atoms with van der Waals surface area (Å²) in [6.45, 7) is 1.74. The Hall–Kier alpha value is -1.69. The van der Waals surface area contributed by atoms with Gasteiger partial charge >= 0.3 is 0 Å². The van der Waals surface area contributed by atoms with Crippen molar-refractivity contribution in [2.45, 2.75) is 17.8 Å². The number of aryl methyl sites for hydroxylation is 1. The number of halogens is 1. The maximum Gasteiger partial charge on any atom is 0.251 e. The van der Waals surface area contributed by atoms with Gasteiger partial charge in [-0.2, -0.15) is 4.39 Å². The number of pyridine rings is 1. The van der Waals surface area contributed by atoms with Crippen molar-refractivity contribution in [3.8, 4) is 0 Å². The van der Waals surface area contributed by atoms with Crippen molar-refractivity contribution < 1.29 is 4.39 Å². The van der Waals surface area contributed by atoms with E-state index in [-0.39, 0.29) is 5.56 Å². The van der Waals surface area contributed by atoms with Crippen LogP contribution in [-0.4, -0.2) is 15.0 Å². The minimum atomic E-state index is -0.491. The normalized spacial score (nSPS) is 10.5. The van der Waals surface area contributed by atoms with Crippen LogP contribution >= 0.6 is 11.8 Å². The fourth-order valence-corrected chi connectivity index (χ4v) is 2.18. The second kappa shape index (κ2) is 5.09. The van der Waals surface area contributed by atoms with E-state index in [1.165, 1.54) is 24.0 Å². The molecular weight excluding hydrogens is 241 g/mol. The topological polar surface area (TPSA) is 58.6 Å². The molecule has 88 valence electrons. The van der Waals surface area contributed by atoms with Crippen LogP contribution in [-0.2, 0) is 5.75 Å². The van der Waals surface area contributed by atoms with Crippen LogP contribution in [0.5, 0.6) is 0 Å². The van der Waals surface area contributed by atoms with Crippen LogP contribution in [0.15, 0.2) is 34.3 Å². The predicted molar refractivity (Wildman–Crippen MR) is 63.4 cm³/mol. The quantitative estimate of drug-likeness (QED) is 0.514. The van der Waals surface area contributed by atoms with Gasteiger partial charge in [-0.25, -0.2) is 9.97 Å². The molecule has 0 aliphatic heterocycles. The maximum absolute atomic E-state index is 13.2. The number of nitrogens with one attached hydrogen (secondary N) is 1. The summed E-state index contributed by atoms with van der Waals surface area (Å²) in [5.41, 5.74) is 0.927. The molecule has 0 spiro atoms. The van der Waals surface area contributed by atoms with E-state index in [0.29, 0.717) is 22.2 Å². The first kappa shape index (κ1) is 11.8. The van der Waals surface area contributed by atoms with Gasteiger partial charge in [0.15, 0.2) is 5.16 Å². The van der Waals surface area contributed by atoms with Gasteiger partial charge in [0.2, 0.25) is 5.95 Å². The molecule has 0 fully saturated rings. The van der Waals surface area contributed by atoms with Crippen molar-refractivity contribution in [3.05, 3.63) is 52.0 Å². The molecule has 2 heterocycles. The van der Waals surface area contributed by atoms with Crippen LogP contribution in [0, 0.1) is 12.9 Å². The van der Waals surface area contributed by atoms with Gasteiger partial charge in [-0.15, -0.1) is 0 Å². The van der Waals surface area contributed by atoms with Gasteiger partial charge in [0, 0.05) is 29.3 Å². The number of rotatable bonds is 3. The molecule has 0 radical (unpaired) electrons. The summed E-state index contributed by atoms with van der Waals surface area (Å²) < 4.78 is 13.2. The summed E-state index contributed by atoms with van der Waals surface area (Å²) in [5, 5.41) is 0.484. The van der Waals surface area contributed by atoms with Gasteiger partial charge in [0.05, 0.1) is 0 Å².